The molecule has 0 aliphatic heterocycles. The average molecular weight is 683 g/mol. The van der Waals surface area contributed by atoms with E-state index >= 15 is 0 Å². The molecule has 0 fully saturated rings. The first-order valence-electron chi connectivity index (χ1n) is 16.9. The van der Waals surface area contributed by atoms with Crippen LogP contribution in [0, 0.1) is 31.6 Å². The number of rotatable bonds is 19. The first-order valence-corrected chi connectivity index (χ1v) is 16.9. The van der Waals surface area contributed by atoms with Crippen LogP contribution in [0.1, 0.15) is 71.1 Å². The van der Waals surface area contributed by atoms with Crippen LogP contribution in [0.2, 0.25) is 0 Å². The third-order valence-corrected chi connectivity index (χ3v) is 8.64. The van der Waals surface area contributed by atoms with Crippen LogP contribution >= 0.6 is 0 Å². The van der Waals surface area contributed by atoms with Crippen LogP contribution in [0.5, 0.6) is 5.75 Å². The summed E-state index contributed by atoms with van der Waals surface area (Å²) in [7, 11) is 0. The Balaban J connectivity index is 2.18. The van der Waals surface area contributed by atoms with E-state index in [1.807, 2.05) is 63.2 Å². The Morgan fingerprint density at radius 3 is 1.88 bits per heavy atom. The summed E-state index contributed by atoms with van der Waals surface area (Å²) in [4.78, 5) is 64.5. The van der Waals surface area contributed by atoms with Crippen molar-refractivity contribution in [2.75, 3.05) is 6.61 Å². The van der Waals surface area contributed by atoms with Crippen LogP contribution in [0.3, 0.4) is 0 Å². The van der Waals surface area contributed by atoms with Crippen molar-refractivity contribution in [3.8, 4) is 5.75 Å². The Morgan fingerprint density at radius 1 is 0.735 bits per heavy atom. The maximum atomic E-state index is 13.6. The normalized spacial score (nSPS) is 14.9. The van der Waals surface area contributed by atoms with E-state index in [-0.39, 0.29) is 30.8 Å². The van der Waals surface area contributed by atoms with Crippen molar-refractivity contribution < 1.29 is 38.9 Å². The Bertz CT molecular complexity index is 1410. The minimum atomic E-state index is -1.37. The lowest BCUT2D eigenvalue weighted by Gasteiger charge is -2.29. The summed E-state index contributed by atoms with van der Waals surface area (Å²) < 4.78 is 5.64. The maximum absolute atomic E-state index is 13.6. The summed E-state index contributed by atoms with van der Waals surface area (Å²) >= 11 is 0. The fourth-order valence-corrected chi connectivity index (χ4v) is 5.15. The van der Waals surface area contributed by atoms with Gasteiger partial charge in [0.25, 0.3) is 5.91 Å². The number of ether oxygens (including phenoxy) is 1. The van der Waals surface area contributed by atoms with Gasteiger partial charge in [0.2, 0.25) is 17.7 Å². The van der Waals surface area contributed by atoms with E-state index in [2.05, 4.69) is 21.3 Å². The molecule has 270 valence electrons. The molecule has 2 rings (SSSR count). The van der Waals surface area contributed by atoms with Crippen LogP contribution in [-0.2, 0) is 30.4 Å². The second-order valence-electron chi connectivity index (χ2n) is 13.4. The molecule has 0 saturated carbocycles. The molecule has 0 saturated heterocycles. The van der Waals surface area contributed by atoms with Crippen molar-refractivity contribution in [3.05, 3.63) is 65.2 Å². The molecule has 49 heavy (non-hydrogen) atoms. The molecular weight excluding hydrogens is 628 g/mol. The van der Waals surface area contributed by atoms with E-state index in [1.165, 1.54) is 0 Å². The topological polar surface area (TPSA) is 183 Å². The molecular formula is C37H54N4O8. The van der Waals surface area contributed by atoms with Crippen molar-refractivity contribution in [2.45, 2.75) is 105 Å². The number of carboxylic acid groups (broad SMARTS) is 1. The lowest BCUT2D eigenvalue weighted by atomic mass is 9.95. The number of aliphatic hydroxyl groups is 1. The van der Waals surface area contributed by atoms with E-state index in [4.69, 9.17) is 4.74 Å². The Morgan fingerprint density at radius 2 is 1.33 bits per heavy atom. The first-order chi connectivity index (χ1) is 23.0. The highest BCUT2D eigenvalue weighted by Crippen LogP contribution is 2.17. The van der Waals surface area contributed by atoms with Crippen LogP contribution in [0.4, 0.5) is 0 Å². The minimum Gasteiger partial charge on any atom is -0.484 e. The monoisotopic (exact) mass is 682 g/mol. The molecule has 6 N–H and O–H groups in total. The van der Waals surface area contributed by atoms with E-state index < -0.39 is 66.3 Å². The molecule has 2 aromatic carbocycles. The number of aliphatic carboxylic acids is 1. The molecule has 0 aliphatic rings. The third kappa shape index (κ3) is 13.2. The zero-order valence-electron chi connectivity index (χ0n) is 29.9. The zero-order chi connectivity index (χ0) is 36.8. The predicted octanol–water partition coefficient (Wildman–Crippen LogP) is 3.06. The molecule has 0 radical (unpaired) electrons. The van der Waals surface area contributed by atoms with Gasteiger partial charge in [-0.25, -0.2) is 4.79 Å². The molecule has 2 aromatic rings. The number of aryl methyl sites for hydroxylation is 2. The van der Waals surface area contributed by atoms with Gasteiger partial charge in [-0.1, -0.05) is 84.4 Å². The number of hydrogen-bond acceptors (Lipinski definition) is 7. The SMILES string of the molecule is CC[C@H](C)[C@H](NC(=O)C[C@H](O)[C@H](Cc1ccccc1)NC(=O)[C@@H](NC(=O)COc1ccc(C)c(C)c1)C(C)C)C(=O)N[C@H](C(=O)O)C(C)C. The molecule has 12 heteroatoms. The summed E-state index contributed by atoms with van der Waals surface area (Å²) in [6.07, 6.45) is -1.12. The molecule has 0 heterocycles. The largest absolute Gasteiger partial charge is 0.484 e. The van der Waals surface area contributed by atoms with Gasteiger partial charge < -0.3 is 36.2 Å². The molecule has 6 atom stereocenters. The van der Waals surface area contributed by atoms with Crippen molar-refractivity contribution in [2.24, 2.45) is 17.8 Å². The van der Waals surface area contributed by atoms with Crippen molar-refractivity contribution in [3.63, 3.8) is 0 Å². The second-order valence-corrected chi connectivity index (χ2v) is 13.4. The summed E-state index contributed by atoms with van der Waals surface area (Å²) in [6, 6.07) is 10.5. The number of amides is 4. The van der Waals surface area contributed by atoms with E-state index in [1.54, 1.807) is 40.7 Å². The average Bonchev–Trinajstić information content (AvgIpc) is 3.04. The van der Waals surface area contributed by atoms with Gasteiger partial charge in [-0.3, -0.25) is 19.2 Å². The highest BCUT2D eigenvalue weighted by Gasteiger charge is 2.33. The number of nitrogens with one attached hydrogen (secondary N) is 4. The van der Waals surface area contributed by atoms with Gasteiger partial charge in [0, 0.05) is 0 Å². The molecule has 12 nitrogen and oxygen atoms in total. The number of carbonyl (C=O) groups is 5. The quantitative estimate of drug-likeness (QED) is 0.131. The number of aliphatic hydroxyl groups excluding tert-OH is 1. The highest BCUT2D eigenvalue weighted by molar-refractivity contribution is 5.91. The van der Waals surface area contributed by atoms with Crippen LogP contribution in [0.15, 0.2) is 48.5 Å². The van der Waals surface area contributed by atoms with Gasteiger partial charge in [0.05, 0.1) is 18.6 Å². The van der Waals surface area contributed by atoms with Crippen LogP contribution in [0.25, 0.3) is 0 Å². The van der Waals surface area contributed by atoms with Gasteiger partial charge in [-0.05, 0) is 66.8 Å². The highest BCUT2D eigenvalue weighted by atomic mass is 16.5. The summed E-state index contributed by atoms with van der Waals surface area (Å²) in [6.45, 7) is 14.1. The predicted molar refractivity (Wildman–Crippen MR) is 187 cm³/mol. The first kappa shape index (κ1) is 40.7. The number of benzene rings is 2. The number of carboxylic acids is 1. The van der Waals surface area contributed by atoms with Crippen molar-refractivity contribution >= 4 is 29.6 Å². The summed E-state index contributed by atoms with van der Waals surface area (Å²) in [5, 5.41) is 31.6. The Hall–Kier alpha value is -4.45. The zero-order valence-corrected chi connectivity index (χ0v) is 29.9. The fourth-order valence-electron chi connectivity index (χ4n) is 5.15. The Labute approximate surface area is 289 Å². The number of carbonyl (C=O) groups excluding carboxylic acids is 4. The molecule has 0 spiro atoms. The maximum Gasteiger partial charge on any atom is 0.326 e. The summed E-state index contributed by atoms with van der Waals surface area (Å²) in [5.41, 5.74) is 2.91. The smallest absolute Gasteiger partial charge is 0.326 e. The van der Waals surface area contributed by atoms with Gasteiger partial charge in [-0.15, -0.1) is 0 Å². The number of hydrogen-bond donors (Lipinski definition) is 6. The minimum absolute atomic E-state index is 0.180. The fraction of sp³-hybridized carbons (Fsp3) is 0.541. The van der Waals surface area contributed by atoms with Crippen LogP contribution < -0.4 is 26.0 Å². The van der Waals surface area contributed by atoms with E-state index in [9.17, 15) is 34.2 Å². The molecule has 0 bridgehead atoms. The van der Waals surface area contributed by atoms with Gasteiger partial charge in [0.15, 0.2) is 6.61 Å². The summed E-state index contributed by atoms with van der Waals surface area (Å²) in [5.74, 6) is -4.01. The van der Waals surface area contributed by atoms with Gasteiger partial charge in [0.1, 0.15) is 23.9 Å². The van der Waals surface area contributed by atoms with Gasteiger partial charge in [-0.2, -0.15) is 0 Å². The van der Waals surface area contributed by atoms with E-state index in [0.717, 1.165) is 16.7 Å². The Kier molecular flexibility index (Phi) is 16.2. The lowest BCUT2D eigenvalue weighted by Crippen LogP contribution is -2.57. The molecule has 0 unspecified atom stereocenters. The second kappa shape index (κ2) is 19.5. The lowest BCUT2D eigenvalue weighted by molar-refractivity contribution is -0.143. The molecule has 0 aromatic heterocycles. The van der Waals surface area contributed by atoms with Gasteiger partial charge >= 0.3 is 5.97 Å². The standard InChI is InChI=1S/C37H54N4O8/c1-9-23(6)34(36(46)41-33(22(4)5)37(47)48)39-30(43)19-29(42)28(18-26-13-11-10-12-14-26)38-35(45)32(21(2)3)40-31(44)20-49-27-16-15-24(7)25(8)17-27/h10-17,21-23,28-29,32-34,42H,9,18-20H2,1-8H3,(H,38,45)(H,39,43)(H,40,44)(H,41,46)(H,47,48)/t23-,28-,29-,32-,33-,34-/m0/s1. The van der Waals surface area contributed by atoms with Crippen LogP contribution in [-0.4, -0.2) is 76.7 Å². The van der Waals surface area contributed by atoms with Crippen molar-refractivity contribution in [1.82, 2.24) is 21.3 Å². The van der Waals surface area contributed by atoms with Crippen molar-refractivity contribution in [1.29, 1.82) is 0 Å². The third-order valence-electron chi connectivity index (χ3n) is 8.64. The molecule has 4 amide bonds. The molecule has 0 aliphatic carbocycles. The van der Waals surface area contributed by atoms with E-state index in [0.29, 0.717) is 12.2 Å².